The summed E-state index contributed by atoms with van der Waals surface area (Å²) in [6, 6.07) is -1.35. The Morgan fingerprint density at radius 3 is 1.58 bits per heavy atom. The number of alkyl halides is 8. The molecule has 10 heteroatoms. The van der Waals surface area contributed by atoms with E-state index in [1.165, 1.54) is 11.8 Å². The highest BCUT2D eigenvalue weighted by Crippen LogP contribution is 2.40. The lowest BCUT2D eigenvalue weighted by molar-refractivity contribution is -0.286. The van der Waals surface area contributed by atoms with E-state index in [0.717, 1.165) is 32.6 Å². The minimum atomic E-state index is -5.81. The Morgan fingerprint density at radius 2 is 1.15 bits per heavy atom. The summed E-state index contributed by atoms with van der Waals surface area (Å²) in [5, 5.41) is 0. The van der Waals surface area contributed by atoms with E-state index >= 15 is 0 Å². The first-order valence-electron chi connectivity index (χ1n) is 8.58. The fraction of sp³-hybridized carbons (Fsp3) is 1.00. The van der Waals surface area contributed by atoms with Crippen LogP contribution in [-0.4, -0.2) is 60.4 Å². The zero-order valence-corrected chi connectivity index (χ0v) is 14.9. The van der Waals surface area contributed by atoms with Crippen molar-refractivity contribution in [3.8, 4) is 0 Å². The molecule has 0 radical (unpaired) electrons. The molecule has 1 rings (SSSR count). The van der Waals surface area contributed by atoms with Gasteiger partial charge in [0, 0.05) is 0 Å². The van der Waals surface area contributed by atoms with E-state index in [-0.39, 0.29) is 0 Å². The molecule has 4 unspecified atom stereocenters. The van der Waals surface area contributed by atoms with Gasteiger partial charge in [-0.2, -0.15) is 13.2 Å². The molecule has 0 spiro atoms. The fourth-order valence-corrected chi connectivity index (χ4v) is 2.98. The van der Waals surface area contributed by atoms with E-state index in [4.69, 9.17) is 0 Å². The molecule has 156 valence electrons. The monoisotopic (exact) mass is 399 g/mol. The molecular formula is C16H25F8NO. The third-order valence-corrected chi connectivity index (χ3v) is 4.86. The number of hydrogen-bond acceptors (Lipinski definition) is 2. The summed E-state index contributed by atoms with van der Waals surface area (Å²) in [4.78, 5) is 1.52. The number of hydrogen-bond donors (Lipinski definition) is 0. The second-order valence-electron chi connectivity index (χ2n) is 6.80. The summed E-state index contributed by atoms with van der Waals surface area (Å²) in [7, 11) is 0. The van der Waals surface area contributed by atoms with E-state index in [2.05, 4.69) is 4.74 Å². The zero-order chi connectivity index (χ0) is 20.3. The van der Waals surface area contributed by atoms with E-state index in [0.29, 0.717) is 20.0 Å². The smallest absolute Gasteiger partial charge is 0.363 e. The SMILES string of the molecule is CC(OC(C)C(F)(F)C(F)C(F)(F)F)C(F)(F)C(C)N1CCCCCC1. The van der Waals surface area contributed by atoms with E-state index in [1.54, 1.807) is 0 Å². The van der Waals surface area contributed by atoms with Gasteiger partial charge in [-0.1, -0.05) is 12.8 Å². The van der Waals surface area contributed by atoms with Crippen LogP contribution in [-0.2, 0) is 4.74 Å². The van der Waals surface area contributed by atoms with Crippen LogP contribution < -0.4 is 0 Å². The molecule has 1 heterocycles. The standard InChI is InChI=1S/C16H25F8NO/c1-10(25-8-6-4-5-7-9-25)14(18,19)11(2)26-12(3)15(20,21)13(17)16(22,23)24/h10-13H,4-9H2,1-3H3. The van der Waals surface area contributed by atoms with E-state index in [1.807, 2.05) is 0 Å². The van der Waals surface area contributed by atoms with Crippen LogP contribution in [0.25, 0.3) is 0 Å². The van der Waals surface area contributed by atoms with Gasteiger partial charge in [0.1, 0.15) is 12.2 Å². The van der Waals surface area contributed by atoms with Crippen LogP contribution in [0.5, 0.6) is 0 Å². The first kappa shape index (κ1) is 23.4. The first-order valence-corrected chi connectivity index (χ1v) is 8.58. The fourth-order valence-electron chi connectivity index (χ4n) is 2.98. The Balaban J connectivity index is 2.81. The summed E-state index contributed by atoms with van der Waals surface area (Å²) in [5.41, 5.74) is 0. The maximum atomic E-state index is 14.6. The van der Waals surface area contributed by atoms with Gasteiger partial charge in [0.15, 0.2) is 0 Å². The molecule has 1 aliphatic heterocycles. The third-order valence-electron chi connectivity index (χ3n) is 4.86. The van der Waals surface area contributed by atoms with Gasteiger partial charge in [-0.15, -0.1) is 0 Å². The van der Waals surface area contributed by atoms with Crippen LogP contribution in [0.15, 0.2) is 0 Å². The molecule has 1 fully saturated rings. The van der Waals surface area contributed by atoms with Crippen molar-refractivity contribution in [2.75, 3.05) is 13.1 Å². The van der Waals surface area contributed by atoms with Crippen molar-refractivity contribution in [3.05, 3.63) is 0 Å². The van der Waals surface area contributed by atoms with E-state index in [9.17, 15) is 35.1 Å². The zero-order valence-electron chi connectivity index (χ0n) is 14.9. The van der Waals surface area contributed by atoms with Crippen molar-refractivity contribution in [2.45, 2.75) is 88.9 Å². The maximum Gasteiger partial charge on any atom is 0.425 e. The van der Waals surface area contributed by atoms with Gasteiger partial charge in [0.25, 0.3) is 12.1 Å². The molecule has 0 aliphatic carbocycles. The summed E-state index contributed by atoms with van der Waals surface area (Å²) in [6.07, 6.45) is -11.8. The molecule has 0 aromatic carbocycles. The molecule has 1 saturated heterocycles. The van der Waals surface area contributed by atoms with Gasteiger partial charge in [-0.05, 0) is 46.7 Å². The van der Waals surface area contributed by atoms with Crippen LogP contribution in [0.2, 0.25) is 0 Å². The van der Waals surface area contributed by atoms with Crippen LogP contribution >= 0.6 is 0 Å². The first-order chi connectivity index (χ1) is 11.7. The molecule has 26 heavy (non-hydrogen) atoms. The second-order valence-corrected chi connectivity index (χ2v) is 6.80. The van der Waals surface area contributed by atoms with Gasteiger partial charge in [0.2, 0.25) is 0 Å². The van der Waals surface area contributed by atoms with Crippen molar-refractivity contribution in [3.63, 3.8) is 0 Å². The van der Waals surface area contributed by atoms with Gasteiger partial charge in [0.05, 0.1) is 6.04 Å². The normalized spacial score (nSPS) is 23.2. The summed E-state index contributed by atoms with van der Waals surface area (Å²) in [6.45, 7) is 3.32. The Morgan fingerprint density at radius 1 is 0.731 bits per heavy atom. The molecule has 0 bridgehead atoms. The number of rotatable bonds is 7. The predicted molar refractivity (Wildman–Crippen MR) is 80.4 cm³/mol. The van der Waals surface area contributed by atoms with Crippen molar-refractivity contribution in [1.82, 2.24) is 4.90 Å². The Hall–Kier alpha value is -0.640. The average Bonchev–Trinajstić information content (AvgIpc) is 2.81. The molecule has 0 amide bonds. The molecule has 2 nitrogen and oxygen atoms in total. The van der Waals surface area contributed by atoms with Crippen molar-refractivity contribution < 1.29 is 39.9 Å². The molecule has 0 aromatic heterocycles. The lowest BCUT2D eigenvalue weighted by Crippen LogP contribution is -2.56. The highest BCUT2D eigenvalue weighted by atomic mass is 19.4. The number of nitrogens with zero attached hydrogens (tertiary/aromatic N) is 1. The van der Waals surface area contributed by atoms with Gasteiger partial charge >= 0.3 is 12.1 Å². The van der Waals surface area contributed by atoms with Gasteiger partial charge in [-0.25, -0.2) is 22.0 Å². The molecular weight excluding hydrogens is 374 g/mol. The summed E-state index contributed by atoms with van der Waals surface area (Å²) < 4.78 is 111. The van der Waals surface area contributed by atoms with Crippen molar-refractivity contribution in [2.24, 2.45) is 0 Å². The van der Waals surface area contributed by atoms with Crippen LogP contribution in [0.1, 0.15) is 46.5 Å². The number of ether oxygens (including phenoxy) is 1. The second kappa shape index (κ2) is 8.58. The maximum absolute atomic E-state index is 14.6. The quantitative estimate of drug-likeness (QED) is 0.545. The predicted octanol–water partition coefficient (Wildman–Crippen LogP) is 5.22. The highest BCUT2D eigenvalue weighted by Gasteiger charge is 2.61. The Labute approximate surface area is 147 Å². The largest absolute Gasteiger partial charge is 0.425 e. The Bertz CT molecular complexity index is 434. The highest BCUT2D eigenvalue weighted by molar-refractivity contribution is 4.92. The average molecular weight is 399 g/mol. The summed E-state index contributed by atoms with van der Waals surface area (Å²) >= 11 is 0. The van der Waals surface area contributed by atoms with Crippen LogP contribution in [0.4, 0.5) is 35.1 Å². The molecule has 0 saturated carbocycles. The summed E-state index contributed by atoms with van der Waals surface area (Å²) in [5.74, 6) is -8.58. The van der Waals surface area contributed by atoms with Crippen LogP contribution in [0.3, 0.4) is 0 Å². The molecule has 1 aliphatic rings. The van der Waals surface area contributed by atoms with Crippen molar-refractivity contribution in [1.29, 1.82) is 0 Å². The number of likely N-dealkylation sites (tertiary alicyclic amines) is 1. The lowest BCUT2D eigenvalue weighted by atomic mass is 10.0. The van der Waals surface area contributed by atoms with Gasteiger partial charge in [-0.3, -0.25) is 4.90 Å². The lowest BCUT2D eigenvalue weighted by Gasteiger charge is -2.38. The molecule has 4 atom stereocenters. The van der Waals surface area contributed by atoms with Crippen molar-refractivity contribution >= 4 is 0 Å². The Kier molecular flexibility index (Phi) is 7.72. The topological polar surface area (TPSA) is 12.5 Å². The number of halogens is 8. The molecule has 0 N–H and O–H groups in total. The van der Waals surface area contributed by atoms with Gasteiger partial charge < -0.3 is 4.74 Å². The third kappa shape index (κ3) is 5.43. The van der Waals surface area contributed by atoms with E-state index < -0.39 is 42.4 Å². The van der Waals surface area contributed by atoms with Crippen LogP contribution in [0, 0.1) is 0 Å². The minimum absolute atomic E-state index is 0.413. The molecule has 0 aromatic rings. The minimum Gasteiger partial charge on any atom is -0.363 e.